The number of aliphatic hydroxyl groups is 1. The number of pyridine rings is 1. The molecule has 1 amide bonds. The SMILES string of the molecule is O=C(N[C@H]1CCCC[C@@H]1O)c1cc(Br)cnc1Cl. The zero-order valence-corrected chi connectivity index (χ0v) is 12.0. The lowest BCUT2D eigenvalue weighted by Crippen LogP contribution is -2.45. The van der Waals surface area contributed by atoms with Gasteiger partial charge in [0.1, 0.15) is 5.15 Å². The molecule has 2 rings (SSSR count). The fourth-order valence-corrected chi connectivity index (χ4v) is 2.63. The van der Waals surface area contributed by atoms with Gasteiger partial charge in [0, 0.05) is 10.7 Å². The zero-order valence-electron chi connectivity index (χ0n) is 9.70. The molecule has 1 aromatic rings. The predicted molar refractivity (Wildman–Crippen MR) is 72.7 cm³/mol. The number of aromatic nitrogens is 1. The summed E-state index contributed by atoms with van der Waals surface area (Å²) in [4.78, 5) is 16.0. The minimum Gasteiger partial charge on any atom is -0.391 e. The van der Waals surface area contributed by atoms with Crippen LogP contribution in [0, 0.1) is 0 Å². The number of aliphatic hydroxyl groups excluding tert-OH is 1. The molecular formula is C12H14BrClN2O2. The second kappa shape index (κ2) is 5.99. The van der Waals surface area contributed by atoms with E-state index in [-0.39, 0.29) is 17.1 Å². The van der Waals surface area contributed by atoms with E-state index in [0.717, 1.165) is 25.7 Å². The Balaban J connectivity index is 2.09. The topological polar surface area (TPSA) is 62.2 Å². The van der Waals surface area contributed by atoms with E-state index in [2.05, 4.69) is 26.2 Å². The van der Waals surface area contributed by atoms with Crippen LogP contribution < -0.4 is 5.32 Å². The molecule has 2 atom stereocenters. The van der Waals surface area contributed by atoms with Crippen molar-refractivity contribution in [3.8, 4) is 0 Å². The van der Waals surface area contributed by atoms with Crippen molar-refractivity contribution in [1.82, 2.24) is 10.3 Å². The maximum Gasteiger partial charge on any atom is 0.254 e. The maximum atomic E-state index is 12.1. The normalized spacial score (nSPS) is 23.7. The number of carbonyl (C=O) groups is 1. The van der Waals surface area contributed by atoms with Crippen LogP contribution in [0.4, 0.5) is 0 Å². The molecule has 1 fully saturated rings. The monoisotopic (exact) mass is 332 g/mol. The van der Waals surface area contributed by atoms with Gasteiger partial charge in [-0.2, -0.15) is 0 Å². The highest BCUT2D eigenvalue weighted by Gasteiger charge is 2.25. The number of rotatable bonds is 2. The number of carbonyl (C=O) groups excluding carboxylic acids is 1. The third-order valence-corrected chi connectivity index (χ3v) is 3.83. The molecule has 4 nitrogen and oxygen atoms in total. The summed E-state index contributed by atoms with van der Waals surface area (Å²) in [5, 5.41) is 12.8. The van der Waals surface area contributed by atoms with Crippen molar-refractivity contribution in [3.63, 3.8) is 0 Å². The van der Waals surface area contributed by atoms with Gasteiger partial charge in [-0.15, -0.1) is 0 Å². The highest BCUT2D eigenvalue weighted by molar-refractivity contribution is 9.10. The predicted octanol–water partition coefficient (Wildman–Crippen LogP) is 2.53. The van der Waals surface area contributed by atoms with Gasteiger partial charge in [0.05, 0.1) is 17.7 Å². The summed E-state index contributed by atoms with van der Waals surface area (Å²) >= 11 is 9.14. The lowest BCUT2D eigenvalue weighted by atomic mass is 9.92. The van der Waals surface area contributed by atoms with Crippen molar-refractivity contribution < 1.29 is 9.90 Å². The average molecular weight is 334 g/mol. The van der Waals surface area contributed by atoms with Crippen molar-refractivity contribution in [1.29, 1.82) is 0 Å². The lowest BCUT2D eigenvalue weighted by molar-refractivity contribution is 0.0717. The maximum absolute atomic E-state index is 12.1. The largest absolute Gasteiger partial charge is 0.391 e. The van der Waals surface area contributed by atoms with Crippen molar-refractivity contribution in [2.75, 3.05) is 0 Å². The smallest absolute Gasteiger partial charge is 0.254 e. The quantitative estimate of drug-likeness (QED) is 0.818. The van der Waals surface area contributed by atoms with Gasteiger partial charge in [0.2, 0.25) is 0 Å². The fraction of sp³-hybridized carbons (Fsp3) is 0.500. The van der Waals surface area contributed by atoms with Crippen molar-refractivity contribution in [2.45, 2.75) is 37.8 Å². The first-order valence-corrected chi connectivity index (χ1v) is 7.05. The van der Waals surface area contributed by atoms with Crippen LogP contribution in [0.3, 0.4) is 0 Å². The van der Waals surface area contributed by atoms with Crippen LogP contribution in [0.25, 0.3) is 0 Å². The summed E-state index contributed by atoms with van der Waals surface area (Å²) in [5.41, 5.74) is 0.323. The summed E-state index contributed by atoms with van der Waals surface area (Å²) in [6, 6.07) is 1.43. The molecule has 1 aromatic heterocycles. The molecule has 98 valence electrons. The summed E-state index contributed by atoms with van der Waals surface area (Å²) in [7, 11) is 0. The first-order chi connectivity index (χ1) is 8.58. The Kier molecular flexibility index (Phi) is 4.59. The molecule has 0 unspecified atom stereocenters. The van der Waals surface area contributed by atoms with Crippen LogP contribution in [0.15, 0.2) is 16.7 Å². The second-order valence-electron chi connectivity index (χ2n) is 4.42. The summed E-state index contributed by atoms with van der Waals surface area (Å²) in [6.07, 6.45) is 4.62. The van der Waals surface area contributed by atoms with E-state index in [1.165, 1.54) is 6.20 Å². The highest BCUT2D eigenvalue weighted by atomic mass is 79.9. The molecule has 1 heterocycles. The molecule has 1 aliphatic carbocycles. The zero-order chi connectivity index (χ0) is 13.1. The highest BCUT2D eigenvalue weighted by Crippen LogP contribution is 2.21. The Hall–Kier alpha value is -0.650. The average Bonchev–Trinajstić information content (AvgIpc) is 2.35. The van der Waals surface area contributed by atoms with Gasteiger partial charge >= 0.3 is 0 Å². The van der Waals surface area contributed by atoms with E-state index in [1.807, 2.05) is 0 Å². The van der Waals surface area contributed by atoms with E-state index < -0.39 is 6.10 Å². The number of nitrogens with one attached hydrogen (secondary N) is 1. The van der Waals surface area contributed by atoms with Gasteiger partial charge in [0.15, 0.2) is 0 Å². The minimum atomic E-state index is -0.471. The van der Waals surface area contributed by atoms with Crippen molar-refractivity contribution in [3.05, 3.63) is 27.5 Å². The summed E-state index contributed by atoms with van der Waals surface area (Å²) < 4.78 is 0.696. The Morgan fingerprint density at radius 3 is 2.94 bits per heavy atom. The number of hydrogen-bond donors (Lipinski definition) is 2. The molecule has 0 bridgehead atoms. The van der Waals surface area contributed by atoms with Gasteiger partial charge in [-0.25, -0.2) is 4.98 Å². The molecule has 18 heavy (non-hydrogen) atoms. The first kappa shape index (κ1) is 13.8. The van der Waals surface area contributed by atoms with Crippen LogP contribution >= 0.6 is 27.5 Å². The number of halogens is 2. The van der Waals surface area contributed by atoms with Crippen LogP contribution in [-0.2, 0) is 0 Å². The van der Waals surface area contributed by atoms with E-state index in [9.17, 15) is 9.90 Å². The van der Waals surface area contributed by atoms with Gasteiger partial charge in [-0.05, 0) is 34.8 Å². The first-order valence-electron chi connectivity index (χ1n) is 5.88. The molecule has 2 N–H and O–H groups in total. The third-order valence-electron chi connectivity index (χ3n) is 3.10. The number of hydrogen-bond acceptors (Lipinski definition) is 3. The Morgan fingerprint density at radius 2 is 2.22 bits per heavy atom. The van der Waals surface area contributed by atoms with Crippen LogP contribution in [0.5, 0.6) is 0 Å². The number of amides is 1. The molecule has 0 aromatic carbocycles. The van der Waals surface area contributed by atoms with Gasteiger partial charge in [0.25, 0.3) is 5.91 Å². The summed E-state index contributed by atoms with van der Waals surface area (Å²) in [5.74, 6) is -0.292. The minimum absolute atomic E-state index is 0.168. The van der Waals surface area contributed by atoms with Crippen molar-refractivity contribution >= 4 is 33.4 Å². The van der Waals surface area contributed by atoms with Crippen LogP contribution in [-0.4, -0.2) is 28.1 Å². The van der Waals surface area contributed by atoms with Crippen LogP contribution in [0.1, 0.15) is 36.0 Å². The molecule has 0 saturated heterocycles. The molecule has 1 aliphatic rings. The lowest BCUT2D eigenvalue weighted by Gasteiger charge is -2.28. The van der Waals surface area contributed by atoms with E-state index in [0.29, 0.717) is 10.0 Å². The molecule has 0 aliphatic heterocycles. The van der Waals surface area contributed by atoms with E-state index >= 15 is 0 Å². The number of nitrogens with zero attached hydrogens (tertiary/aromatic N) is 1. The third kappa shape index (κ3) is 3.22. The Bertz CT molecular complexity index is 456. The summed E-state index contributed by atoms with van der Waals surface area (Å²) in [6.45, 7) is 0. The van der Waals surface area contributed by atoms with E-state index in [4.69, 9.17) is 11.6 Å². The Labute approximate surface area is 119 Å². The fourth-order valence-electron chi connectivity index (χ4n) is 2.11. The Morgan fingerprint density at radius 1 is 1.50 bits per heavy atom. The van der Waals surface area contributed by atoms with Gasteiger partial charge in [-0.3, -0.25) is 4.79 Å². The van der Waals surface area contributed by atoms with Crippen LogP contribution in [0.2, 0.25) is 5.15 Å². The van der Waals surface area contributed by atoms with Gasteiger partial charge < -0.3 is 10.4 Å². The standard InChI is InChI=1S/C12H14BrClN2O2/c13-7-5-8(11(14)15-6-7)12(18)16-9-3-1-2-4-10(9)17/h5-6,9-10,17H,1-4H2,(H,16,18)/t9-,10-/m0/s1. The molecule has 6 heteroatoms. The van der Waals surface area contributed by atoms with Gasteiger partial charge in [-0.1, -0.05) is 24.4 Å². The molecule has 0 spiro atoms. The second-order valence-corrected chi connectivity index (χ2v) is 5.70. The molecule has 1 saturated carbocycles. The molecular weight excluding hydrogens is 320 g/mol. The van der Waals surface area contributed by atoms with Crippen molar-refractivity contribution in [2.24, 2.45) is 0 Å². The molecule has 0 radical (unpaired) electrons. The van der Waals surface area contributed by atoms with E-state index in [1.54, 1.807) is 6.07 Å².